The van der Waals surface area contributed by atoms with Crippen LogP contribution in [-0.2, 0) is 9.59 Å². The van der Waals surface area contributed by atoms with Crippen molar-refractivity contribution in [2.45, 2.75) is 116 Å². The number of unbranched alkanes of at least 4 members (excludes halogenated alkanes) is 5. The van der Waals surface area contributed by atoms with Gasteiger partial charge in [-0.25, -0.2) is 31.9 Å². The monoisotopic (exact) mass is 620 g/mol. The van der Waals surface area contributed by atoms with Crippen LogP contribution in [-0.4, -0.2) is 60.2 Å². The zero-order chi connectivity index (χ0) is 32.7. The molecule has 0 heterocycles. The van der Waals surface area contributed by atoms with Gasteiger partial charge in [-0.3, -0.25) is 9.59 Å². The van der Waals surface area contributed by atoms with Crippen LogP contribution in [0, 0.1) is 34.4 Å². The van der Waals surface area contributed by atoms with Gasteiger partial charge < -0.3 is 26.9 Å². The van der Waals surface area contributed by atoms with Gasteiger partial charge in [0.1, 0.15) is 6.04 Å². The Bertz CT molecular complexity index is 992. The molecule has 0 aromatic heterocycles. The van der Waals surface area contributed by atoms with Gasteiger partial charge in [-0.15, -0.1) is 0 Å². The second-order valence-corrected chi connectivity index (χ2v) is 11.8. The lowest BCUT2D eigenvalue weighted by Crippen LogP contribution is -2.52. The minimum Gasteiger partial charge on any atom is -0.365 e. The fourth-order valence-corrected chi connectivity index (χ4v) is 5.51. The molecule has 0 aromatic rings. The molecule has 1 fully saturated rings. The van der Waals surface area contributed by atoms with Gasteiger partial charge in [0, 0.05) is 25.1 Å². The van der Waals surface area contributed by atoms with Crippen molar-refractivity contribution in [2.24, 2.45) is 39.3 Å². The van der Waals surface area contributed by atoms with E-state index in [1.807, 2.05) is 13.8 Å². The third kappa shape index (κ3) is 17.9. The molecule has 0 bridgehead atoms. The summed E-state index contributed by atoms with van der Waals surface area (Å²) in [7, 11) is 0. The first-order valence-corrected chi connectivity index (χ1v) is 15.8. The van der Waals surface area contributed by atoms with E-state index in [9.17, 15) is 24.5 Å². The minimum atomic E-state index is -0.874. The molecule has 1 unspecified atom stereocenters. The first kappa shape index (κ1) is 38.1. The largest absolute Gasteiger partial charge is 0.365 e. The highest BCUT2D eigenvalue weighted by Gasteiger charge is 2.33. The number of hydrazine groups is 1. The van der Waals surface area contributed by atoms with Crippen molar-refractivity contribution in [3.8, 4) is 0 Å². The summed E-state index contributed by atoms with van der Waals surface area (Å²) < 4.78 is 0. The van der Waals surface area contributed by atoms with Gasteiger partial charge in [0.15, 0.2) is 5.03 Å². The number of hydrazone groups is 1. The van der Waals surface area contributed by atoms with Crippen LogP contribution in [0.4, 0.5) is 4.79 Å². The molecule has 0 spiro atoms. The van der Waals surface area contributed by atoms with Crippen LogP contribution >= 0.6 is 0 Å². The number of urea groups is 1. The summed E-state index contributed by atoms with van der Waals surface area (Å²) in [4.78, 5) is 56.2. The summed E-state index contributed by atoms with van der Waals surface area (Å²) in [5.74, 6) is -0.616. The molecule has 248 valence electrons. The third-order valence-electron chi connectivity index (χ3n) is 7.59. The topological polar surface area (TPSA) is 224 Å². The Morgan fingerprint density at radius 1 is 1.00 bits per heavy atom. The van der Waals surface area contributed by atoms with Crippen molar-refractivity contribution in [2.75, 3.05) is 13.1 Å². The number of nitrogens with one attached hydrogen (secondary N) is 4. The maximum atomic E-state index is 13.7. The van der Waals surface area contributed by atoms with Crippen molar-refractivity contribution in [3.05, 3.63) is 21.5 Å². The second kappa shape index (κ2) is 22.6. The maximum Gasteiger partial charge on any atom is 0.332 e. The molecule has 0 aromatic carbocycles. The summed E-state index contributed by atoms with van der Waals surface area (Å²) >= 11 is 0. The number of guanidine groups is 1. The Morgan fingerprint density at radius 2 is 1.66 bits per heavy atom. The van der Waals surface area contributed by atoms with Crippen LogP contribution in [0.3, 0.4) is 0 Å². The van der Waals surface area contributed by atoms with E-state index in [-0.39, 0.29) is 42.6 Å². The smallest absolute Gasteiger partial charge is 0.332 e. The van der Waals surface area contributed by atoms with Crippen LogP contribution in [0.2, 0.25) is 0 Å². The summed E-state index contributed by atoms with van der Waals surface area (Å²) in [6.07, 6.45) is 13.5. The summed E-state index contributed by atoms with van der Waals surface area (Å²) in [6, 6.07) is -2.22. The molecule has 0 saturated heterocycles. The number of nitro groups is 1. The minimum absolute atomic E-state index is 0.119. The molecule has 1 rings (SSSR count). The van der Waals surface area contributed by atoms with Crippen molar-refractivity contribution in [1.29, 1.82) is 0 Å². The van der Waals surface area contributed by atoms with Gasteiger partial charge in [0.05, 0.1) is 6.04 Å². The van der Waals surface area contributed by atoms with Crippen molar-refractivity contribution in [1.82, 2.24) is 21.5 Å². The predicted molar refractivity (Wildman–Crippen MR) is 170 cm³/mol. The van der Waals surface area contributed by atoms with Gasteiger partial charge in [-0.05, 0) is 56.8 Å². The molecule has 3 atom stereocenters. The number of primary amides is 1. The van der Waals surface area contributed by atoms with E-state index < -0.39 is 29.1 Å². The van der Waals surface area contributed by atoms with Gasteiger partial charge in [-0.1, -0.05) is 57.8 Å². The van der Waals surface area contributed by atoms with E-state index in [1.165, 1.54) is 6.21 Å². The highest BCUT2D eigenvalue weighted by molar-refractivity contribution is 5.90. The number of nitrogens with two attached hydrogens (primary N) is 2. The first-order chi connectivity index (χ1) is 21.0. The van der Waals surface area contributed by atoms with Crippen LogP contribution in [0.1, 0.15) is 104 Å². The normalized spacial score (nSPS) is 15.8. The Hall–Kier alpha value is -3.96. The summed E-state index contributed by atoms with van der Waals surface area (Å²) in [5, 5.41) is 19.5. The lowest BCUT2D eigenvalue weighted by Gasteiger charge is -2.27. The van der Waals surface area contributed by atoms with E-state index in [1.54, 1.807) is 5.43 Å². The highest BCUT2D eigenvalue weighted by Crippen LogP contribution is 2.34. The molecule has 15 heteroatoms. The molecule has 1 saturated carbocycles. The van der Waals surface area contributed by atoms with E-state index >= 15 is 0 Å². The lowest BCUT2D eigenvalue weighted by molar-refractivity contribution is -0.525. The van der Waals surface area contributed by atoms with Gasteiger partial charge in [0.2, 0.25) is 18.4 Å². The standard InChI is InChI=1S/C29H52N10O5/c1-21(2)19-23(20-34-37-29(31)42)35-27(41)25(16-12-18-33-28(30)38-39(43)44)36-26(40)24(22-13-9-10-14-22)15-8-6-4-5-7-11-17-32-3/h20-25H,4-19H2,1-2H3,(H,35,41)(H,36,40)(H3,30,33,38)(H3,31,37,42)/b34-20+/t23-,24?,25-/m0/s1. The fraction of sp³-hybridized carbons (Fsp3) is 0.793. The SMILES string of the molecule is [C-]#[N+]CCCCCCCCC(C(=O)N[C@@H](CCCN=C(N)N[N+](=O)[O-])C(=O)N[C@H](/C=N/NC(N)=O)CC(C)C)C1CCCC1. The molecule has 1 aliphatic rings. The van der Waals surface area contributed by atoms with E-state index in [0.29, 0.717) is 19.4 Å². The number of hydrogen-bond acceptors (Lipinski definition) is 7. The van der Waals surface area contributed by atoms with Gasteiger partial charge in [-0.2, -0.15) is 5.10 Å². The highest BCUT2D eigenvalue weighted by atomic mass is 16.7. The Balaban J connectivity index is 2.97. The molecule has 0 radical (unpaired) electrons. The Morgan fingerprint density at radius 3 is 2.27 bits per heavy atom. The Labute approximate surface area is 260 Å². The number of aliphatic imine (C=N–C) groups is 1. The third-order valence-corrected chi connectivity index (χ3v) is 7.59. The van der Waals surface area contributed by atoms with E-state index in [4.69, 9.17) is 18.0 Å². The number of amides is 4. The number of carbonyl (C=O) groups is 3. The zero-order valence-electron chi connectivity index (χ0n) is 26.3. The van der Waals surface area contributed by atoms with Crippen molar-refractivity contribution in [3.63, 3.8) is 0 Å². The number of nitrogens with zero attached hydrogens (tertiary/aromatic N) is 4. The average molecular weight is 621 g/mol. The molecule has 4 amide bonds. The number of carbonyl (C=O) groups excluding carboxylic acids is 3. The van der Waals surface area contributed by atoms with Crippen LogP contribution in [0.5, 0.6) is 0 Å². The number of rotatable bonds is 22. The van der Waals surface area contributed by atoms with E-state index in [2.05, 4.69) is 31.0 Å². The van der Waals surface area contributed by atoms with Crippen LogP contribution in [0.15, 0.2) is 10.1 Å². The second-order valence-electron chi connectivity index (χ2n) is 11.8. The quantitative estimate of drug-likeness (QED) is 0.0265. The van der Waals surface area contributed by atoms with E-state index in [0.717, 1.165) is 70.6 Å². The van der Waals surface area contributed by atoms with Crippen molar-refractivity contribution < 1.29 is 19.4 Å². The maximum absolute atomic E-state index is 13.7. The molecule has 44 heavy (non-hydrogen) atoms. The fourth-order valence-electron chi connectivity index (χ4n) is 5.51. The van der Waals surface area contributed by atoms with Crippen molar-refractivity contribution >= 4 is 30.0 Å². The molecule has 15 nitrogen and oxygen atoms in total. The van der Waals surface area contributed by atoms with Crippen LogP contribution < -0.4 is 33.0 Å². The molecular formula is C29H52N10O5. The van der Waals surface area contributed by atoms with Gasteiger partial charge in [0.25, 0.3) is 5.96 Å². The number of hydrogen-bond donors (Lipinski definition) is 6. The molecule has 8 N–H and O–H groups in total. The Kier molecular flexibility index (Phi) is 19.5. The first-order valence-electron chi connectivity index (χ1n) is 15.8. The molecular weight excluding hydrogens is 568 g/mol. The molecule has 0 aliphatic heterocycles. The van der Waals surface area contributed by atoms with Crippen LogP contribution in [0.25, 0.3) is 4.85 Å². The summed E-state index contributed by atoms with van der Waals surface area (Å²) in [5.41, 5.74) is 14.5. The predicted octanol–water partition coefficient (Wildman–Crippen LogP) is 2.99. The summed E-state index contributed by atoms with van der Waals surface area (Å²) in [6.45, 7) is 11.5. The lowest BCUT2D eigenvalue weighted by atomic mass is 9.85. The van der Waals surface area contributed by atoms with Gasteiger partial charge >= 0.3 is 6.03 Å². The average Bonchev–Trinajstić information content (AvgIpc) is 3.47. The molecule has 1 aliphatic carbocycles. The zero-order valence-corrected chi connectivity index (χ0v) is 26.3.